The van der Waals surface area contributed by atoms with Crippen molar-refractivity contribution in [3.05, 3.63) is 28.1 Å². The summed E-state index contributed by atoms with van der Waals surface area (Å²) in [5, 5.41) is 9.56. The Morgan fingerprint density at radius 1 is 1.33 bits per heavy atom. The molecule has 0 unspecified atom stereocenters. The van der Waals surface area contributed by atoms with E-state index in [1.54, 1.807) is 0 Å². The number of hydrogen-bond donors (Lipinski definition) is 0. The number of pyridine rings is 1. The molecule has 0 fully saturated rings. The third-order valence-corrected chi connectivity index (χ3v) is 4.10. The fourth-order valence-corrected chi connectivity index (χ4v) is 3.18. The van der Waals surface area contributed by atoms with E-state index in [-0.39, 0.29) is 5.41 Å². The van der Waals surface area contributed by atoms with Crippen LogP contribution in [0.2, 0.25) is 0 Å². The number of hydrogen-bond acceptors (Lipinski definition) is 2. The zero-order valence-corrected chi connectivity index (χ0v) is 12.1. The molecule has 0 aromatic carbocycles. The summed E-state index contributed by atoms with van der Waals surface area (Å²) in [6, 6.07) is 2.43. The van der Waals surface area contributed by atoms with Crippen LogP contribution in [0.5, 0.6) is 0 Å². The molecular weight excluding hydrogens is 220 g/mol. The maximum atomic E-state index is 9.56. The molecule has 2 rings (SSSR count). The highest BCUT2D eigenvalue weighted by molar-refractivity contribution is 5.52. The first-order valence-electron chi connectivity index (χ1n) is 6.82. The van der Waals surface area contributed by atoms with Gasteiger partial charge in [-0.05, 0) is 48.6 Å². The van der Waals surface area contributed by atoms with E-state index in [1.165, 1.54) is 17.5 Å². The van der Waals surface area contributed by atoms with E-state index in [9.17, 15) is 5.26 Å². The zero-order chi connectivity index (χ0) is 13.5. The van der Waals surface area contributed by atoms with E-state index in [0.29, 0.717) is 5.92 Å². The maximum absolute atomic E-state index is 9.56. The Kier molecular flexibility index (Phi) is 3.19. The summed E-state index contributed by atoms with van der Waals surface area (Å²) >= 11 is 0. The van der Waals surface area contributed by atoms with Gasteiger partial charge in [0.15, 0.2) is 0 Å². The van der Waals surface area contributed by atoms with E-state index < -0.39 is 0 Å². The summed E-state index contributed by atoms with van der Waals surface area (Å²) in [4.78, 5) is 4.70. The monoisotopic (exact) mass is 242 g/mol. The average Bonchev–Trinajstić information content (AvgIpc) is 2.29. The number of fused-ring (bicyclic) bond motifs is 1. The Bertz CT molecular complexity index is 519. The number of nitrogens with zero attached hydrogens (tertiary/aromatic N) is 2. The first-order chi connectivity index (χ1) is 8.38. The van der Waals surface area contributed by atoms with Gasteiger partial charge in [-0.15, -0.1) is 0 Å². The highest BCUT2D eigenvalue weighted by Crippen LogP contribution is 2.41. The number of rotatable bonds is 1. The van der Waals surface area contributed by atoms with Gasteiger partial charge in [-0.2, -0.15) is 5.26 Å². The Morgan fingerprint density at radius 2 is 2.00 bits per heavy atom. The highest BCUT2D eigenvalue weighted by atomic mass is 14.7. The second-order valence-corrected chi connectivity index (χ2v) is 6.31. The lowest BCUT2D eigenvalue weighted by molar-refractivity contribution is 0.427. The predicted molar refractivity (Wildman–Crippen MR) is 73.7 cm³/mol. The Hall–Kier alpha value is -1.36. The van der Waals surface area contributed by atoms with Crippen LogP contribution in [0, 0.1) is 18.3 Å². The first kappa shape index (κ1) is 13.1. The summed E-state index contributed by atoms with van der Waals surface area (Å²) < 4.78 is 0. The molecule has 96 valence electrons. The molecule has 0 aliphatic heterocycles. The fraction of sp³-hybridized carbons (Fsp3) is 0.625. The zero-order valence-electron chi connectivity index (χ0n) is 12.1. The summed E-state index contributed by atoms with van der Waals surface area (Å²) in [6.07, 6.45) is 3.44. The van der Waals surface area contributed by atoms with Gasteiger partial charge >= 0.3 is 0 Å². The molecule has 1 heterocycles. The van der Waals surface area contributed by atoms with Gasteiger partial charge in [0.2, 0.25) is 0 Å². The van der Waals surface area contributed by atoms with Gasteiger partial charge in [0, 0.05) is 5.69 Å². The topological polar surface area (TPSA) is 36.7 Å². The first-order valence-corrected chi connectivity index (χ1v) is 6.82. The minimum absolute atomic E-state index is 0.107. The minimum Gasteiger partial charge on any atom is -0.256 e. The molecule has 0 atom stereocenters. The lowest BCUT2D eigenvalue weighted by Gasteiger charge is -2.35. The van der Waals surface area contributed by atoms with E-state index in [2.05, 4.69) is 40.7 Å². The quantitative estimate of drug-likeness (QED) is 0.746. The van der Waals surface area contributed by atoms with Gasteiger partial charge in [-0.1, -0.05) is 27.7 Å². The molecule has 2 nitrogen and oxygen atoms in total. The standard InChI is InChI=1S/C16H22N2/c1-10(2)15-13(9-17)14-12(11(3)18-15)7-6-8-16(14,4)5/h10H,6-8H2,1-5H3. The van der Waals surface area contributed by atoms with Crippen molar-refractivity contribution in [1.82, 2.24) is 4.98 Å². The number of nitriles is 1. The van der Waals surface area contributed by atoms with E-state index in [4.69, 9.17) is 4.98 Å². The van der Waals surface area contributed by atoms with E-state index in [1.807, 2.05) is 0 Å². The van der Waals surface area contributed by atoms with Gasteiger partial charge in [0.1, 0.15) is 6.07 Å². The van der Waals surface area contributed by atoms with Crippen LogP contribution in [-0.4, -0.2) is 4.98 Å². The van der Waals surface area contributed by atoms with Crippen LogP contribution in [0.25, 0.3) is 0 Å². The molecule has 0 spiro atoms. The van der Waals surface area contributed by atoms with Crippen molar-refractivity contribution >= 4 is 0 Å². The minimum atomic E-state index is 0.107. The molecule has 0 bridgehead atoms. The van der Waals surface area contributed by atoms with E-state index >= 15 is 0 Å². The van der Waals surface area contributed by atoms with Crippen LogP contribution in [0.15, 0.2) is 0 Å². The van der Waals surface area contributed by atoms with Crippen molar-refractivity contribution in [3.63, 3.8) is 0 Å². The average molecular weight is 242 g/mol. The highest BCUT2D eigenvalue weighted by Gasteiger charge is 2.33. The molecule has 1 aliphatic rings. The lowest BCUT2D eigenvalue weighted by atomic mass is 9.70. The van der Waals surface area contributed by atoms with Crippen molar-refractivity contribution in [2.45, 2.75) is 65.2 Å². The fourth-order valence-electron chi connectivity index (χ4n) is 3.18. The summed E-state index contributed by atoms with van der Waals surface area (Å²) in [5.74, 6) is 0.307. The van der Waals surface area contributed by atoms with Crippen LogP contribution in [-0.2, 0) is 11.8 Å². The Labute approximate surface area is 110 Å². The molecular formula is C16H22N2. The summed E-state index contributed by atoms with van der Waals surface area (Å²) in [6.45, 7) is 10.8. The van der Waals surface area contributed by atoms with Crippen molar-refractivity contribution < 1.29 is 0 Å². The molecule has 0 saturated carbocycles. The second kappa shape index (κ2) is 4.39. The van der Waals surface area contributed by atoms with Crippen molar-refractivity contribution in [3.8, 4) is 6.07 Å². The van der Waals surface area contributed by atoms with Gasteiger partial charge < -0.3 is 0 Å². The largest absolute Gasteiger partial charge is 0.256 e. The summed E-state index contributed by atoms with van der Waals surface area (Å²) in [7, 11) is 0. The SMILES string of the molecule is Cc1nc(C(C)C)c(C#N)c2c1CCCC2(C)C. The van der Waals surface area contributed by atoms with Crippen LogP contribution < -0.4 is 0 Å². The lowest BCUT2D eigenvalue weighted by Crippen LogP contribution is -2.27. The van der Waals surface area contributed by atoms with Gasteiger partial charge in [-0.25, -0.2) is 0 Å². The molecule has 2 heteroatoms. The normalized spacial score (nSPS) is 17.4. The van der Waals surface area contributed by atoms with Gasteiger partial charge in [0.05, 0.1) is 11.3 Å². The van der Waals surface area contributed by atoms with Gasteiger partial charge in [0.25, 0.3) is 0 Å². The Balaban J connectivity index is 2.81. The van der Waals surface area contributed by atoms with Crippen molar-refractivity contribution in [2.24, 2.45) is 0 Å². The molecule has 0 saturated heterocycles. The van der Waals surface area contributed by atoms with Crippen LogP contribution in [0.4, 0.5) is 0 Å². The molecule has 0 N–H and O–H groups in total. The number of aromatic nitrogens is 1. The van der Waals surface area contributed by atoms with Crippen LogP contribution in [0.1, 0.15) is 74.5 Å². The third-order valence-electron chi connectivity index (χ3n) is 4.10. The molecule has 1 aromatic heterocycles. The van der Waals surface area contributed by atoms with Crippen LogP contribution >= 0.6 is 0 Å². The summed E-state index contributed by atoms with van der Waals surface area (Å²) in [5.41, 5.74) is 5.65. The smallest absolute Gasteiger partial charge is 0.101 e. The number of aryl methyl sites for hydroxylation is 1. The van der Waals surface area contributed by atoms with E-state index in [0.717, 1.165) is 29.8 Å². The van der Waals surface area contributed by atoms with Crippen molar-refractivity contribution in [2.75, 3.05) is 0 Å². The van der Waals surface area contributed by atoms with Crippen LogP contribution in [0.3, 0.4) is 0 Å². The third kappa shape index (κ3) is 1.92. The molecule has 18 heavy (non-hydrogen) atoms. The maximum Gasteiger partial charge on any atom is 0.101 e. The predicted octanol–water partition coefficient (Wildman–Crippen LogP) is 4.00. The molecule has 0 radical (unpaired) electrons. The Morgan fingerprint density at radius 3 is 2.56 bits per heavy atom. The van der Waals surface area contributed by atoms with Gasteiger partial charge in [-0.3, -0.25) is 4.98 Å². The molecule has 0 amide bonds. The molecule has 1 aliphatic carbocycles. The van der Waals surface area contributed by atoms with Crippen molar-refractivity contribution in [1.29, 1.82) is 5.26 Å². The molecule has 1 aromatic rings. The second-order valence-electron chi connectivity index (χ2n) is 6.31.